The Bertz CT molecular complexity index is 699. The van der Waals surface area contributed by atoms with Crippen LogP contribution < -0.4 is 18.9 Å². The predicted octanol–water partition coefficient (Wildman–Crippen LogP) is 3.72. The molecule has 0 atom stereocenters. The van der Waals surface area contributed by atoms with Crippen LogP contribution >= 0.6 is 0 Å². The Kier molecular flexibility index (Phi) is 6.25. The molecule has 24 heavy (non-hydrogen) atoms. The number of esters is 1. The lowest BCUT2D eigenvalue weighted by atomic mass is 10.2. The maximum atomic E-state index is 12.0. The summed E-state index contributed by atoms with van der Waals surface area (Å²) in [4.78, 5) is 12.0. The topological polar surface area (TPSA) is 54.0 Å². The summed E-state index contributed by atoms with van der Waals surface area (Å²) in [6.07, 6.45) is 2.98. The molecular formula is C19H20O5. The molecule has 0 aliphatic carbocycles. The van der Waals surface area contributed by atoms with Crippen molar-refractivity contribution in [2.45, 2.75) is 6.92 Å². The van der Waals surface area contributed by atoms with Gasteiger partial charge in [-0.2, -0.15) is 0 Å². The van der Waals surface area contributed by atoms with E-state index in [4.69, 9.17) is 18.9 Å². The van der Waals surface area contributed by atoms with Gasteiger partial charge in [-0.25, -0.2) is 4.79 Å². The van der Waals surface area contributed by atoms with Crippen molar-refractivity contribution in [1.82, 2.24) is 0 Å². The third-order valence-electron chi connectivity index (χ3n) is 3.15. The van der Waals surface area contributed by atoms with Crippen LogP contribution in [0, 0.1) is 0 Å². The van der Waals surface area contributed by atoms with Crippen LogP contribution in [-0.2, 0) is 4.79 Å². The van der Waals surface area contributed by atoms with E-state index in [9.17, 15) is 4.79 Å². The van der Waals surface area contributed by atoms with E-state index >= 15 is 0 Å². The molecule has 0 amide bonds. The van der Waals surface area contributed by atoms with E-state index in [0.717, 1.165) is 5.56 Å². The van der Waals surface area contributed by atoms with Crippen LogP contribution in [0.15, 0.2) is 48.5 Å². The lowest BCUT2D eigenvalue weighted by Gasteiger charge is -2.08. The normalized spacial score (nSPS) is 10.5. The second-order valence-corrected chi connectivity index (χ2v) is 4.78. The lowest BCUT2D eigenvalue weighted by molar-refractivity contribution is -0.129. The van der Waals surface area contributed by atoms with Crippen molar-refractivity contribution in [1.29, 1.82) is 0 Å². The summed E-state index contributed by atoms with van der Waals surface area (Å²) < 4.78 is 21.1. The Labute approximate surface area is 141 Å². The highest BCUT2D eigenvalue weighted by Gasteiger charge is 2.07. The fourth-order valence-electron chi connectivity index (χ4n) is 2.04. The molecule has 0 heterocycles. The molecule has 0 aromatic heterocycles. The van der Waals surface area contributed by atoms with Crippen LogP contribution in [0.3, 0.4) is 0 Å². The fourth-order valence-corrected chi connectivity index (χ4v) is 2.04. The molecule has 0 aliphatic rings. The maximum Gasteiger partial charge on any atom is 0.336 e. The largest absolute Gasteiger partial charge is 0.497 e. The maximum absolute atomic E-state index is 12.0. The van der Waals surface area contributed by atoms with Crippen molar-refractivity contribution in [2.75, 3.05) is 20.8 Å². The molecule has 5 nitrogen and oxygen atoms in total. The summed E-state index contributed by atoms with van der Waals surface area (Å²) in [7, 11) is 3.14. The summed E-state index contributed by atoms with van der Waals surface area (Å²) >= 11 is 0. The number of methoxy groups -OCH3 is 2. The van der Waals surface area contributed by atoms with E-state index in [-0.39, 0.29) is 0 Å². The Balaban J connectivity index is 2.11. The smallest absolute Gasteiger partial charge is 0.336 e. The van der Waals surface area contributed by atoms with Crippen molar-refractivity contribution in [3.8, 4) is 23.0 Å². The SMILES string of the molecule is CCOc1ccccc1OC(=O)/C=C/c1cc(OC)cc(OC)c1. The molecule has 0 saturated heterocycles. The van der Waals surface area contributed by atoms with E-state index < -0.39 is 5.97 Å². The van der Waals surface area contributed by atoms with Gasteiger partial charge in [-0.3, -0.25) is 0 Å². The van der Waals surface area contributed by atoms with Crippen molar-refractivity contribution in [3.63, 3.8) is 0 Å². The van der Waals surface area contributed by atoms with Gasteiger partial charge in [0.05, 0.1) is 20.8 Å². The van der Waals surface area contributed by atoms with E-state index in [1.807, 2.05) is 13.0 Å². The number of rotatable bonds is 7. The molecule has 2 rings (SSSR count). The molecule has 0 unspecified atom stereocenters. The summed E-state index contributed by atoms with van der Waals surface area (Å²) in [6.45, 7) is 2.36. The Morgan fingerprint density at radius 2 is 1.62 bits per heavy atom. The Morgan fingerprint density at radius 3 is 2.21 bits per heavy atom. The van der Waals surface area contributed by atoms with Crippen molar-refractivity contribution < 1.29 is 23.7 Å². The van der Waals surface area contributed by atoms with E-state index in [1.54, 1.807) is 56.7 Å². The number of hydrogen-bond acceptors (Lipinski definition) is 5. The molecule has 0 N–H and O–H groups in total. The van der Waals surface area contributed by atoms with Crippen LogP contribution in [0.2, 0.25) is 0 Å². The third-order valence-corrected chi connectivity index (χ3v) is 3.15. The number of benzene rings is 2. The molecule has 0 fully saturated rings. The first-order chi connectivity index (χ1) is 11.7. The summed E-state index contributed by atoms with van der Waals surface area (Å²) in [5.74, 6) is 1.71. The van der Waals surface area contributed by atoms with Gasteiger partial charge in [0.1, 0.15) is 11.5 Å². The standard InChI is InChI=1S/C19H20O5/c1-4-23-17-7-5-6-8-18(17)24-19(20)10-9-14-11-15(21-2)13-16(12-14)22-3/h5-13H,4H2,1-3H3/b10-9+. The predicted molar refractivity (Wildman–Crippen MR) is 91.8 cm³/mol. The van der Waals surface area contributed by atoms with Crippen LogP contribution in [0.1, 0.15) is 12.5 Å². The van der Waals surface area contributed by atoms with Gasteiger partial charge >= 0.3 is 5.97 Å². The van der Waals surface area contributed by atoms with Gasteiger partial charge in [-0.1, -0.05) is 12.1 Å². The van der Waals surface area contributed by atoms with E-state index in [2.05, 4.69) is 0 Å². The highest BCUT2D eigenvalue weighted by molar-refractivity contribution is 5.89. The van der Waals surface area contributed by atoms with Gasteiger partial charge < -0.3 is 18.9 Å². The van der Waals surface area contributed by atoms with Gasteiger partial charge in [0, 0.05) is 12.1 Å². The van der Waals surface area contributed by atoms with Crippen molar-refractivity contribution >= 4 is 12.0 Å². The van der Waals surface area contributed by atoms with Gasteiger partial charge in [-0.15, -0.1) is 0 Å². The van der Waals surface area contributed by atoms with E-state index in [0.29, 0.717) is 29.6 Å². The monoisotopic (exact) mass is 328 g/mol. The number of ether oxygens (including phenoxy) is 4. The van der Waals surface area contributed by atoms with Gasteiger partial charge in [-0.05, 0) is 42.8 Å². The van der Waals surface area contributed by atoms with Gasteiger partial charge in [0.25, 0.3) is 0 Å². The minimum absolute atomic E-state index is 0.386. The first-order valence-corrected chi connectivity index (χ1v) is 7.51. The molecule has 126 valence electrons. The van der Waals surface area contributed by atoms with Crippen molar-refractivity contribution in [3.05, 3.63) is 54.1 Å². The van der Waals surface area contributed by atoms with E-state index in [1.165, 1.54) is 6.08 Å². The minimum Gasteiger partial charge on any atom is -0.497 e. The molecular weight excluding hydrogens is 308 g/mol. The molecule has 2 aromatic carbocycles. The first-order valence-electron chi connectivity index (χ1n) is 7.51. The molecule has 2 aromatic rings. The highest BCUT2D eigenvalue weighted by atomic mass is 16.6. The Morgan fingerprint density at radius 1 is 1.00 bits per heavy atom. The van der Waals surface area contributed by atoms with Crippen LogP contribution in [0.5, 0.6) is 23.0 Å². The molecule has 0 radical (unpaired) electrons. The second-order valence-electron chi connectivity index (χ2n) is 4.78. The zero-order chi connectivity index (χ0) is 17.4. The number of carbonyl (C=O) groups excluding carboxylic acids is 1. The summed E-state index contributed by atoms with van der Waals surface area (Å²) in [5, 5.41) is 0. The zero-order valence-corrected chi connectivity index (χ0v) is 13.9. The average molecular weight is 328 g/mol. The number of para-hydroxylation sites is 2. The quantitative estimate of drug-likeness (QED) is 0.440. The molecule has 0 spiro atoms. The van der Waals surface area contributed by atoms with Gasteiger partial charge in [0.15, 0.2) is 11.5 Å². The third kappa shape index (κ3) is 4.78. The van der Waals surface area contributed by atoms with Crippen molar-refractivity contribution in [2.24, 2.45) is 0 Å². The molecule has 0 aliphatic heterocycles. The Hall–Kier alpha value is -2.95. The van der Waals surface area contributed by atoms with Crippen LogP contribution in [0.4, 0.5) is 0 Å². The number of carbonyl (C=O) groups is 1. The second kappa shape index (κ2) is 8.62. The fraction of sp³-hybridized carbons (Fsp3) is 0.211. The first kappa shape index (κ1) is 17.4. The molecule has 0 bridgehead atoms. The molecule has 5 heteroatoms. The van der Waals surface area contributed by atoms with Crippen LogP contribution in [-0.4, -0.2) is 26.8 Å². The average Bonchev–Trinajstić information content (AvgIpc) is 2.61. The van der Waals surface area contributed by atoms with Crippen LogP contribution in [0.25, 0.3) is 6.08 Å². The lowest BCUT2D eigenvalue weighted by Crippen LogP contribution is -2.05. The van der Waals surface area contributed by atoms with Gasteiger partial charge in [0.2, 0.25) is 0 Å². The summed E-state index contributed by atoms with van der Waals surface area (Å²) in [5.41, 5.74) is 0.765. The minimum atomic E-state index is -0.496. The summed E-state index contributed by atoms with van der Waals surface area (Å²) in [6, 6.07) is 12.4. The zero-order valence-electron chi connectivity index (χ0n) is 13.9. The number of hydrogen-bond donors (Lipinski definition) is 0. The highest BCUT2D eigenvalue weighted by Crippen LogP contribution is 2.27. The molecule has 0 saturated carbocycles.